The number of hydrogen-bond acceptors (Lipinski definition) is 4. The minimum absolute atomic E-state index is 0.207. The van der Waals surface area contributed by atoms with Crippen LogP contribution in [0, 0.1) is 0 Å². The summed E-state index contributed by atoms with van der Waals surface area (Å²) in [5, 5.41) is 33.0. The number of allylic oxidation sites excluding steroid dienone is 2. The van der Waals surface area contributed by atoms with Gasteiger partial charge in [-0.25, -0.2) is 9.59 Å². The molecule has 2 N–H and O–H groups in total. The molecule has 40 heavy (non-hydrogen) atoms. The van der Waals surface area contributed by atoms with Crippen molar-refractivity contribution < 1.29 is 34.2 Å². The van der Waals surface area contributed by atoms with Crippen molar-refractivity contribution >= 4 is 17.9 Å². The van der Waals surface area contributed by atoms with Gasteiger partial charge in [0.2, 0.25) is 0 Å². The molecule has 0 radical (unpaired) electrons. The van der Waals surface area contributed by atoms with Gasteiger partial charge in [-0.3, -0.25) is 4.48 Å². The van der Waals surface area contributed by atoms with Crippen molar-refractivity contribution in [3.63, 3.8) is 0 Å². The summed E-state index contributed by atoms with van der Waals surface area (Å²) in [7, 11) is 0. The van der Waals surface area contributed by atoms with E-state index in [1.807, 2.05) is 20.8 Å². The molecule has 7 nitrogen and oxygen atoms in total. The zero-order valence-corrected chi connectivity index (χ0v) is 26.2. The summed E-state index contributed by atoms with van der Waals surface area (Å²) < 4.78 is -0.434. The van der Waals surface area contributed by atoms with E-state index in [1.54, 1.807) is 0 Å². The van der Waals surface area contributed by atoms with E-state index in [-0.39, 0.29) is 25.8 Å². The van der Waals surface area contributed by atoms with E-state index in [0.717, 1.165) is 19.3 Å². The number of carboxylic acid groups (broad SMARTS) is 3. The molecule has 0 bridgehead atoms. The van der Waals surface area contributed by atoms with Crippen molar-refractivity contribution in [3.8, 4) is 0 Å². The Labute approximate surface area is 245 Å². The van der Waals surface area contributed by atoms with Crippen molar-refractivity contribution in [2.45, 2.75) is 174 Å². The second-order valence-electron chi connectivity index (χ2n) is 11.6. The molecule has 0 amide bonds. The predicted molar refractivity (Wildman–Crippen MR) is 161 cm³/mol. The molecular weight excluding hydrogens is 506 g/mol. The van der Waals surface area contributed by atoms with Crippen LogP contribution < -0.4 is 5.11 Å². The Balaban J connectivity index is 5.09. The molecule has 0 spiro atoms. The van der Waals surface area contributed by atoms with Crippen LogP contribution in [0.4, 0.5) is 0 Å². The topological polar surface area (TPSA) is 115 Å². The number of hydrogen-bond donors (Lipinski definition) is 2. The van der Waals surface area contributed by atoms with Gasteiger partial charge in [-0.05, 0) is 44.9 Å². The smallest absolute Gasteiger partial charge is 0.362 e. The van der Waals surface area contributed by atoms with E-state index in [9.17, 15) is 29.7 Å². The number of aliphatic carboxylic acids is 3. The SMILES string of the molecule is CCC/C=C/CCCCCCCCCCCCC[N+](C(CCC)C(=O)[O-])(C(CCC)C(=O)O)C(CCC)C(=O)O. The highest BCUT2D eigenvalue weighted by molar-refractivity contribution is 5.77. The normalized spacial score (nSPS) is 15.5. The third-order valence-corrected chi connectivity index (χ3v) is 8.31. The number of carbonyl (C=O) groups excluding carboxylic acids is 1. The first-order valence-corrected chi connectivity index (χ1v) is 16.4. The molecule has 0 aliphatic carbocycles. The summed E-state index contributed by atoms with van der Waals surface area (Å²) in [4.78, 5) is 37.5. The van der Waals surface area contributed by atoms with E-state index in [1.165, 1.54) is 64.2 Å². The second kappa shape index (κ2) is 23.8. The standard InChI is InChI=1S/C33H61NO6/c1-5-9-10-11-12-13-14-15-16-17-18-19-20-21-22-23-27-34(28(24-6-2)31(35)36,29(25-7-3)32(37)38)30(26-8-4)33(39)40/h10-11,28-30H,5-9,12-27H2,1-4H3,(H2-,35,36,37,38,39,40)/b11-10+. The van der Waals surface area contributed by atoms with Gasteiger partial charge in [0.1, 0.15) is 6.04 Å². The first-order valence-electron chi connectivity index (χ1n) is 16.4. The van der Waals surface area contributed by atoms with Gasteiger partial charge in [0.25, 0.3) is 0 Å². The van der Waals surface area contributed by atoms with Crippen molar-refractivity contribution in [2.24, 2.45) is 0 Å². The van der Waals surface area contributed by atoms with Crippen molar-refractivity contribution in [1.29, 1.82) is 0 Å². The zero-order chi connectivity index (χ0) is 30.2. The van der Waals surface area contributed by atoms with E-state index < -0.39 is 40.5 Å². The van der Waals surface area contributed by atoms with E-state index in [4.69, 9.17) is 0 Å². The lowest BCUT2D eigenvalue weighted by Gasteiger charge is -2.52. The minimum Gasteiger partial charge on any atom is -0.544 e. The second-order valence-corrected chi connectivity index (χ2v) is 11.6. The number of rotatable bonds is 28. The number of unbranched alkanes of at least 4 members (excludes halogenated alkanes) is 12. The molecule has 0 heterocycles. The van der Waals surface area contributed by atoms with Crippen LogP contribution in [0.3, 0.4) is 0 Å². The summed E-state index contributed by atoms with van der Waals surface area (Å²) in [5.41, 5.74) is 0. The predicted octanol–water partition coefficient (Wildman–Crippen LogP) is 7.27. The summed E-state index contributed by atoms with van der Waals surface area (Å²) in [6.45, 7) is 8.01. The minimum atomic E-state index is -1.33. The monoisotopic (exact) mass is 567 g/mol. The largest absolute Gasteiger partial charge is 0.544 e. The number of carboxylic acids is 3. The van der Waals surface area contributed by atoms with E-state index >= 15 is 0 Å². The molecule has 0 aliphatic rings. The van der Waals surface area contributed by atoms with Gasteiger partial charge in [-0.2, -0.15) is 0 Å². The molecule has 7 heteroatoms. The van der Waals surface area contributed by atoms with Crippen LogP contribution in [-0.4, -0.2) is 57.3 Å². The number of carbonyl (C=O) groups is 3. The van der Waals surface area contributed by atoms with Crippen molar-refractivity contribution in [2.75, 3.05) is 6.54 Å². The van der Waals surface area contributed by atoms with Crippen LogP contribution in [0.5, 0.6) is 0 Å². The summed E-state index contributed by atoms with van der Waals surface area (Å²) in [6, 6.07) is -3.32. The van der Waals surface area contributed by atoms with Gasteiger partial charge in [0.15, 0.2) is 12.1 Å². The van der Waals surface area contributed by atoms with Crippen LogP contribution in [0.2, 0.25) is 0 Å². The molecule has 0 saturated carbocycles. The van der Waals surface area contributed by atoms with Gasteiger partial charge in [-0.1, -0.05) is 104 Å². The molecule has 0 fully saturated rings. The maximum Gasteiger partial charge on any atom is 0.362 e. The Morgan fingerprint density at radius 3 is 1.32 bits per heavy atom. The zero-order valence-electron chi connectivity index (χ0n) is 26.2. The van der Waals surface area contributed by atoms with Crippen LogP contribution in [-0.2, 0) is 14.4 Å². The Kier molecular flexibility index (Phi) is 22.7. The molecular formula is C33H61NO6. The quantitative estimate of drug-likeness (QED) is 0.0584. The van der Waals surface area contributed by atoms with Crippen molar-refractivity contribution in [3.05, 3.63) is 12.2 Å². The summed E-state index contributed by atoms with van der Waals surface area (Å²) in [5.74, 6) is -3.56. The third kappa shape index (κ3) is 14.1. The molecule has 0 aromatic heterocycles. The van der Waals surface area contributed by atoms with E-state index in [2.05, 4.69) is 19.1 Å². The Morgan fingerprint density at radius 1 is 0.575 bits per heavy atom. The molecule has 0 aliphatic heterocycles. The van der Waals surface area contributed by atoms with Crippen molar-refractivity contribution in [1.82, 2.24) is 0 Å². The van der Waals surface area contributed by atoms with Gasteiger partial charge >= 0.3 is 11.9 Å². The maximum absolute atomic E-state index is 12.5. The highest BCUT2D eigenvalue weighted by Crippen LogP contribution is 2.34. The average Bonchev–Trinajstić information content (AvgIpc) is 2.91. The summed E-state index contributed by atoms with van der Waals surface area (Å²) >= 11 is 0. The third-order valence-electron chi connectivity index (χ3n) is 8.31. The van der Waals surface area contributed by atoms with Gasteiger partial charge in [0.05, 0.1) is 12.5 Å². The summed E-state index contributed by atoms with van der Waals surface area (Å²) in [6.07, 6.45) is 22.8. The van der Waals surface area contributed by atoms with Crippen LogP contribution in [0.1, 0.15) is 156 Å². The fourth-order valence-corrected chi connectivity index (χ4v) is 6.27. The Morgan fingerprint density at radius 2 is 0.950 bits per heavy atom. The first kappa shape index (κ1) is 38.1. The fraction of sp³-hybridized carbons (Fsp3) is 0.848. The molecule has 0 aromatic rings. The van der Waals surface area contributed by atoms with Crippen LogP contribution in [0.15, 0.2) is 12.2 Å². The molecule has 0 aromatic carbocycles. The molecule has 0 rings (SSSR count). The fourth-order valence-electron chi connectivity index (χ4n) is 6.27. The average molecular weight is 568 g/mol. The van der Waals surface area contributed by atoms with Gasteiger partial charge in [0, 0.05) is 19.3 Å². The van der Waals surface area contributed by atoms with Crippen LogP contribution in [0.25, 0.3) is 0 Å². The maximum atomic E-state index is 12.5. The lowest BCUT2D eigenvalue weighted by Crippen LogP contribution is -2.74. The van der Waals surface area contributed by atoms with E-state index in [0.29, 0.717) is 25.7 Å². The number of nitrogens with zero attached hydrogens (tertiary/aromatic N) is 1. The molecule has 234 valence electrons. The first-order chi connectivity index (χ1) is 19.2. The lowest BCUT2D eigenvalue weighted by atomic mass is 9.91. The highest BCUT2D eigenvalue weighted by atomic mass is 16.4. The lowest BCUT2D eigenvalue weighted by molar-refractivity contribution is -0.975. The Hall–Kier alpha value is -1.89. The molecule has 3 unspecified atom stereocenters. The molecule has 0 saturated heterocycles. The van der Waals surface area contributed by atoms with Gasteiger partial charge in [-0.15, -0.1) is 0 Å². The van der Waals surface area contributed by atoms with Crippen LogP contribution >= 0.6 is 0 Å². The Bertz CT molecular complexity index is 647. The van der Waals surface area contributed by atoms with Gasteiger partial charge < -0.3 is 20.1 Å². The highest BCUT2D eigenvalue weighted by Gasteiger charge is 2.54. The molecule has 3 atom stereocenters. The number of quaternary nitrogens is 1.